The largest absolute Gasteiger partial charge is 0.0854 e. The molecule has 0 amide bonds. The Bertz CT molecular complexity index is 140. The van der Waals surface area contributed by atoms with Gasteiger partial charge in [0, 0.05) is 0 Å². The van der Waals surface area contributed by atoms with Gasteiger partial charge in [-0.1, -0.05) is 52.2 Å². The average molecular weight is 182 g/mol. The standard InChI is InChI=1S/C13H26/c1-11(2)9-7-6-8-10-13(5)12(3)4/h10-12H,6-9H2,1-5H3/b13-10-. The fourth-order valence-corrected chi connectivity index (χ4v) is 1.26. The van der Waals surface area contributed by atoms with Crippen molar-refractivity contribution in [2.75, 3.05) is 0 Å². The molecule has 78 valence electrons. The monoisotopic (exact) mass is 182 g/mol. The molecule has 0 saturated carbocycles. The molecule has 0 N–H and O–H groups in total. The summed E-state index contributed by atoms with van der Waals surface area (Å²) >= 11 is 0. The van der Waals surface area contributed by atoms with Crippen molar-refractivity contribution < 1.29 is 0 Å². The molecule has 0 aliphatic heterocycles. The van der Waals surface area contributed by atoms with Gasteiger partial charge in [0.05, 0.1) is 0 Å². The Kier molecular flexibility index (Phi) is 7.03. The van der Waals surface area contributed by atoms with E-state index in [1.165, 1.54) is 25.7 Å². The van der Waals surface area contributed by atoms with Gasteiger partial charge in [-0.15, -0.1) is 0 Å². The first kappa shape index (κ1) is 12.7. The molecule has 0 heterocycles. The molecule has 0 heteroatoms. The lowest BCUT2D eigenvalue weighted by Gasteiger charge is -2.05. The molecule has 0 aromatic carbocycles. The van der Waals surface area contributed by atoms with Gasteiger partial charge in [-0.05, 0) is 31.6 Å². The van der Waals surface area contributed by atoms with Gasteiger partial charge in [0.15, 0.2) is 0 Å². The summed E-state index contributed by atoms with van der Waals surface area (Å²) in [5, 5.41) is 0. The molecule has 0 saturated heterocycles. The highest BCUT2D eigenvalue weighted by Gasteiger charge is 1.96. The number of unbranched alkanes of at least 4 members (excludes halogenated alkanes) is 2. The average Bonchev–Trinajstić information content (AvgIpc) is 2.02. The second-order valence-electron chi connectivity index (χ2n) is 4.78. The Morgan fingerprint density at radius 1 is 1.08 bits per heavy atom. The van der Waals surface area contributed by atoms with E-state index in [1.807, 2.05) is 0 Å². The van der Waals surface area contributed by atoms with Crippen LogP contribution in [0.25, 0.3) is 0 Å². The van der Waals surface area contributed by atoms with Crippen molar-refractivity contribution in [1.82, 2.24) is 0 Å². The van der Waals surface area contributed by atoms with E-state index in [9.17, 15) is 0 Å². The van der Waals surface area contributed by atoms with Crippen LogP contribution in [0.1, 0.15) is 60.3 Å². The summed E-state index contributed by atoms with van der Waals surface area (Å²) in [6.45, 7) is 11.4. The van der Waals surface area contributed by atoms with Crippen LogP contribution < -0.4 is 0 Å². The molecule has 0 aromatic rings. The van der Waals surface area contributed by atoms with Crippen molar-refractivity contribution in [3.63, 3.8) is 0 Å². The zero-order valence-electron chi connectivity index (χ0n) is 10.1. The first-order valence-corrected chi connectivity index (χ1v) is 5.70. The van der Waals surface area contributed by atoms with E-state index in [0.29, 0.717) is 0 Å². The molecule has 13 heavy (non-hydrogen) atoms. The lowest BCUT2D eigenvalue weighted by atomic mass is 10.0. The van der Waals surface area contributed by atoms with Gasteiger partial charge in [0.2, 0.25) is 0 Å². The summed E-state index contributed by atoms with van der Waals surface area (Å²) in [5.74, 6) is 1.60. The minimum absolute atomic E-state index is 0.727. The lowest BCUT2D eigenvalue weighted by molar-refractivity contribution is 0.539. The molecular formula is C13H26. The maximum absolute atomic E-state index is 2.41. The van der Waals surface area contributed by atoms with E-state index < -0.39 is 0 Å². The van der Waals surface area contributed by atoms with Crippen LogP contribution >= 0.6 is 0 Å². The van der Waals surface area contributed by atoms with Gasteiger partial charge < -0.3 is 0 Å². The number of allylic oxidation sites excluding steroid dienone is 2. The van der Waals surface area contributed by atoms with Gasteiger partial charge in [-0.25, -0.2) is 0 Å². The third-order valence-corrected chi connectivity index (χ3v) is 2.61. The van der Waals surface area contributed by atoms with E-state index in [1.54, 1.807) is 5.57 Å². The molecule has 0 spiro atoms. The van der Waals surface area contributed by atoms with Crippen molar-refractivity contribution in [2.45, 2.75) is 60.3 Å². The summed E-state index contributed by atoms with van der Waals surface area (Å²) < 4.78 is 0. The van der Waals surface area contributed by atoms with Crippen molar-refractivity contribution in [3.8, 4) is 0 Å². The van der Waals surface area contributed by atoms with Crippen LogP contribution in [-0.2, 0) is 0 Å². The number of rotatable bonds is 6. The van der Waals surface area contributed by atoms with Crippen molar-refractivity contribution >= 4 is 0 Å². The summed E-state index contributed by atoms with van der Waals surface area (Å²) in [6.07, 6.45) is 7.82. The minimum Gasteiger partial charge on any atom is -0.0854 e. The Labute approximate surface area is 84.4 Å². The van der Waals surface area contributed by atoms with Gasteiger partial charge >= 0.3 is 0 Å². The molecule has 0 aromatic heterocycles. The Balaban J connectivity index is 3.39. The predicted octanol–water partition coefficient (Wildman–Crippen LogP) is 4.81. The van der Waals surface area contributed by atoms with Gasteiger partial charge in [0.25, 0.3) is 0 Å². The Hall–Kier alpha value is -0.260. The second-order valence-corrected chi connectivity index (χ2v) is 4.78. The molecular weight excluding hydrogens is 156 g/mol. The van der Waals surface area contributed by atoms with Crippen LogP contribution in [0.15, 0.2) is 11.6 Å². The topological polar surface area (TPSA) is 0 Å². The van der Waals surface area contributed by atoms with Crippen LogP contribution in [0.4, 0.5) is 0 Å². The quantitative estimate of drug-likeness (QED) is 0.408. The minimum atomic E-state index is 0.727. The molecule has 0 radical (unpaired) electrons. The highest BCUT2D eigenvalue weighted by atomic mass is 14.0. The molecule has 0 nitrogen and oxygen atoms in total. The normalized spacial score (nSPS) is 13.0. The fourth-order valence-electron chi connectivity index (χ4n) is 1.26. The van der Waals surface area contributed by atoms with Gasteiger partial charge in [-0.3, -0.25) is 0 Å². The first-order valence-electron chi connectivity index (χ1n) is 5.70. The predicted molar refractivity (Wildman–Crippen MR) is 61.9 cm³/mol. The highest BCUT2D eigenvalue weighted by molar-refractivity contribution is 5.00. The number of hydrogen-bond acceptors (Lipinski definition) is 0. The highest BCUT2D eigenvalue weighted by Crippen LogP contribution is 2.12. The molecule has 0 aliphatic rings. The smallest absolute Gasteiger partial charge is 0.0263 e. The van der Waals surface area contributed by atoms with Crippen molar-refractivity contribution in [2.24, 2.45) is 11.8 Å². The van der Waals surface area contributed by atoms with Crippen molar-refractivity contribution in [3.05, 3.63) is 11.6 Å². The Morgan fingerprint density at radius 3 is 2.15 bits per heavy atom. The maximum Gasteiger partial charge on any atom is -0.0263 e. The van der Waals surface area contributed by atoms with E-state index >= 15 is 0 Å². The van der Waals surface area contributed by atoms with Crippen LogP contribution in [-0.4, -0.2) is 0 Å². The van der Waals surface area contributed by atoms with Crippen LogP contribution in [0.2, 0.25) is 0 Å². The molecule has 0 rings (SSSR count). The lowest BCUT2D eigenvalue weighted by Crippen LogP contribution is -1.89. The first-order chi connectivity index (χ1) is 6.04. The molecule has 0 bridgehead atoms. The maximum atomic E-state index is 2.41. The van der Waals surface area contributed by atoms with E-state index in [2.05, 4.69) is 40.7 Å². The van der Waals surface area contributed by atoms with Gasteiger partial charge in [-0.2, -0.15) is 0 Å². The van der Waals surface area contributed by atoms with E-state index in [-0.39, 0.29) is 0 Å². The molecule has 0 atom stereocenters. The summed E-state index contributed by atoms with van der Waals surface area (Å²) in [7, 11) is 0. The zero-order chi connectivity index (χ0) is 10.3. The molecule has 0 unspecified atom stereocenters. The van der Waals surface area contributed by atoms with Crippen molar-refractivity contribution in [1.29, 1.82) is 0 Å². The third-order valence-electron chi connectivity index (χ3n) is 2.61. The van der Waals surface area contributed by atoms with Gasteiger partial charge in [0.1, 0.15) is 0 Å². The van der Waals surface area contributed by atoms with Crippen LogP contribution in [0.3, 0.4) is 0 Å². The summed E-state index contributed by atoms with van der Waals surface area (Å²) in [4.78, 5) is 0. The number of hydrogen-bond donors (Lipinski definition) is 0. The van der Waals surface area contributed by atoms with E-state index in [0.717, 1.165) is 11.8 Å². The summed E-state index contributed by atoms with van der Waals surface area (Å²) in [6, 6.07) is 0. The summed E-state index contributed by atoms with van der Waals surface area (Å²) in [5.41, 5.74) is 1.55. The second kappa shape index (κ2) is 7.17. The Morgan fingerprint density at radius 2 is 1.69 bits per heavy atom. The SMILES string of the molecule is C/C(=C/CCCCC(C)C)C(C)C. The van der Waals surface area contributed by atoms with E-state index in [4.69, 9.17) is 0 Å². The zero-order valence-corrected chi connectivity index (χ0v) is 10.1. The molecule has 0 fully saturated rings. The fraction of sp³-hybridized carbons (Fsp3) is 0.846. The molecule has 0 aliphatic carbocycles. The third kappa shape index (κ3) is 8.08. The van der Waals surface area contributed by atoms with Crippen LogP contribution in [0, 0.1) is 11.8 Å². The van der Waals surface area contributed by atoms with Crippen LogP contribution in [0.5, 0.6) is 0 Å².